The van der Waals surface area contributed by atoms with Crippen LogP contribution in [0.3, 0.4) is 0 Å². The Bertz CT molecular complexity index is 1130. The van der Waals surface area contributed by atoms with Crippen LogP contribution in [0.1, 0.15) is 55.9 Å². The van der Waals surface area contributed by atoms with Crippen LogP contribution in [0.2, 0.25) is 5.02 Å². The maximum Gasteiger partial charge on any atom is 0.335 e. The fourth-order valence-electron chi connectivity index (χ4n) is 3.39. The summed E-state index contributed by atoms with van der Waals surface area (Å²) in [5.41, 5.74) is 4.40. The SMILES string of the molecule is Cc1ccc(CCOc2ccc(Cl)cc2C(=O)N[C@@H](C)c2ccc(C(=O)O)c(C)c2)cc1. The minimum atomic E-state index is -0.975. The third-order valence-corrected chi connectivity index (χ3v) is 5.52. The highest BCUT2D eigenvalue weighted by molar-refractivity contribution is 6.31. The van der Waals surface area contributed by atoms with E-state index in [1.165, 1.54) is 5.56 Å². The van der Waals surface area contributed by atoms with Gasteiger partial charge >= 0.3 is 5.97 Å². The molecule has 0 saturated carbocycles. The van der Waals surface area contributed by atoms with Crippen molar-refractivity contribution < 1.29 is 19.4 Å². The Labute approximate surface area is 193 Å². The number of hydrogen-bond donors (Lipinski definition) is 2. The molecule has 0 aliphatic heterocycles. The Morgan fingerprint density at radius 3 is 2.38 bits per heavy atom. The highest BCUT2D eigenvalue weighted by atomic mass is 35.5. The summed E-state index contributed by atoms with van der Waals surface area (Å²) in [6.07, 6.45) is 0.718. The van der Waals surface area contributed by atoms with E-state index in [9.17, 15) is 14.7 Å². The molecule has 1 atom stereocenters. The highest BCUT2D eigenvalue weighted by Crippen LogP contribution is 2.25. The summed E-state index contributed by atoms with van der Waals surface area (Å²) in [5, 5.41) is 12.6. The second-order valence-electron chi connectivity index (χ2n) is 7.80. The Hall–Kier alpha value is -3.31. The van der Waals surface area contributed by atoms with E-state index in [2.05, 4.69) is 29.6 Å². The molecule has 0 spiro atoms. The van der Waals surface area contributed by atoms with Gasteiger partial charge in [0.05, 0.1) is 23.8 Å². The van der Waals surface area contributed by atoms with E-state index < -0.39 is 5.97 Å². The molecule has 0 fully saturated rings. The van der Waals surface area contributed by atoms with Crippen molar-refractivity contribution in [3.05, 3.63) is 99.1 Å². The standard InChI is InChI=1S/C26H26ClNO4/c1-16-4-6-19(7-5-16)12-13-32-24-11-9-21(27)15-23(24)25(29)28-18(3)20-8-10-22(26(30)31)17(2)14-20/h4-11,14-15,18H,12-13H2,1-3H3,(H,28,29)(H,30,31)/t18-/m0/s1. The first-order valence-electron chi connectivity index (χ1n) is 10.4. The normalized spacial score (nSPS) is 11.6. The molecule has 3 rings (SSSR count). The fourth-order valence-corrected chi connectivity index (χ4v) is 3.57. The van der Waals surface area contributed by atoms with Crippen molar-refractivity contribution in [2.75, 3.05) is 6.61 Å². The van der Waals surface area contributed by atoms with Crippen molar-refractivity contribution in [2.24, 2.45) is 0 Å². The Balaban J connectivity index is 1.70. The monoisotopic (exact) mass is 451 g/mol. The number of amides is 1. The van der Waals surface area contributed by atoms with Crippen LogP contribution in [0, 0.1) is 13.8 Å². The molecule has 32 heavy (non-hydrogen) atoms. The maximum absolute atomic E-state index is 13.0. The average Bonchev–Trinajstić information content (AvgIpc) is 2.75. The van der Waals surface area contributed by atoms with Crippen LogP contribution in [-0.4, -0.2) is 23.6 Å². The second kappa shape index (κ2) is 10.3. The van der Waals surface area contributed by atoms with Crippen molar-refractivity contribution >= 4 is 23.5 Å². The molecule has 6 heteroatoms. The van der Waals surface area contributed by atoms with Gasteiger partial charge in [-0.05, 0) is 61.7 Å². The van der Waals surface area contributed by atoms with E-state index >= 15 is 0 Å². The van der Waals surface area contributed by atoms with Gasteiger partial charge in [-0.3, -0.25) is 4.79 Å². The lowest BCUT2D eigenvalue weighted by atomic mass is 10.0. The van der Waals surface area contributed by atoms with Crippen LogP contribution < -0.4 is 10.1 Å². The number of carboxylic acids is 1. The average molecular weight is 452 g/mol. The topological polar surface area (TPSA) is 75.6 Å². The largest absolute Gasteiger partial charge is 0.492 e. The number of hydrogen-bond acceptors (Lipinski definition) is 3. The van der Waals surface area contributed by atoms with E-state index in [1.807, 2.05) is 13.8 Å². The summed E-state index contributed by atoms with van der Waals surface area (Å²) in [7, 11) is 0. The number of carbonyl (C=O) groups is 2. The lowest BCUT2D eigenvalue weighted by Crippen LogP contribution is -2.27. The predicted octanol–water partition coefficient (Wildman–Crippen LogP) is 5.77. The number of carbonyl (C=O) groups excluding carboxylic acids is 1. The molecule has 3 aromatic carbocycles. The molecule has 3 aromatic rings. The Kier molecular flexibility index (Phi) is 7.54. The van der Waals surface area contributed by atoms with Gasteiger partial charge < -0.3 is 15.2 Å². The Morgan fingerprint density at radius 1 is 1.00 bits per heavy atom. The highest BCUT2D eigenvalue weighted by Gasteiger charge is 2.18. The summed E-state index contributed by atoms with van der Waals surface area (Å²) in [4.78, 5) is 24.2. The number of carboxylic acid groups (broad SMARTS) is 1. The fraction of sp³-hybridized carbons (Fsp3) is 0.231. The zero-order valence-corrected chi connectivity index (χ0v) is 19.1. The first-order chi connectivity index (χ1) is 15.2. The molecular formula is C26H26ClNO4. The zero-order chi connectivity index (χ0) is 23.3. The van der Waals surface area contributed by atoms with Gasteiger partial charge in [-0.1, -0.05) is 53.6 Å². The first kappa shape index (κ1) is 23.4. The number of aryl methyl sites for hydroxylation is 2. The van der Waals surface area contributed by atoms with Gasteiger partial charge in [0.1, 0.15) is 5.75 Å². The molecular weight excluding hydrogens is 426 g/mol. The first-order valence-corrected chi connectivity index (χ1v) is 10.7. The van der Waals surface area contributed by atoms with Gasteiger partial charge in [-0.25, -0.2) is 4.79 Å². The maximum atomic E-state index is 13.0. The number of halogens is 1. The van der Waals surface area contributed by atoms with E-state index in [0.29, 0.717) is 28.5 Å². The zero-order valence-electron chi connectivity index (χ0n) is 18.3. The van der Waals surface area contributed by atoms with Crippen molar-refractivity contribution in [3.8, 4) is 5.75 Å². The van der Waals surface area contributed by atoms with Gasteiger partial charge in [-0.15, -0.1) is 0 Å². The molecule has 0 radical (unpaired) electrons. The van der Waals surface area contributed by atoms with Crippen LogP contribution in [0.15, 0.2) is 60.7 Å². The van der Waals surface area contributed by atoms with E-state index in [1.54, 1.807) is 43.3 Å². The number of nitrogens with one attached hydrogen (secondary N) is 1. The van der Waals surface area contributed by atoms with Gasteiger partial charge in [0.25, 0.3) is 5.91 Å². The number of ether oxygens (including phenoxy) is 1. The minimum absolute atomic E-state index is 0.242. The number of aromatic carboxylic acids is 1. The van der Waals surface area contributed by atoms with Crippen molar-refractivity contribution in [1.82, 2.24) is 5.32 Å². The molecule has 0 bridgehead atoms. The van der Waals surface area contributed by atoms with Crippen LogP contribution in [0.4, 0.5) is 0 Å². The number of benzene rings is 3. The summed E-state index contributed by atoms with van der Waals surface area (Å²) >= 11 is 6.14. The number of rotatable bonds is 8. The quantitative estimate of drug-likeness (QED) is 0.456. The molecule has 0 aliphatic carbocycles. The van der Waals surface area contributed by atoms with E-state index in [0.717, 1.165) is 17.5 Å². The molecule has 0 aliphatic rings. The van der Waals surface area contributed by atoms with Gasteiger partial charge in [0, 0.05) is 11.4 Å². The Morgan fingerprint density at radius 2 is 1.72 bits per heavy atom. The predicted molar refractivity (Wildman–Crippen MR) is 126 cm³/mol. The van der Waals surface area contributed by atoms with Gasteiger partial charge in [-0.2, -0.15) is 0 Å². The summed E-state index contributed by atoms with van der Waals surface area (Å²) in [6, 6.07) is 17.9. The minimum Gasteiger partial charge on any atom is -0.492 e. The van der Waals surface area contributed by atoms with Crippen molar-refractivity contribution in [1.29, 1.82) is 0 Å². The smallest absolute Gasteiger partial charge is 0.335 e. The third-order valence-electron chi connectivity index (χ3n) is 5.28. The summed E-state index contributed by atoms with van der Waals surface area (Å²) in [5.74, 6) is -0.828. The van der Waals surface area contributed by atoms with E-state index in [-0.39, 0.29) is 17.5 Å². The summed E-state index contributed by atoms with van der Waals surface area (Å²) < 4.78 is 5.91. The molecule has 5 nitrogen and oxygen atoms in total. The van der Waals surface area contributed by atoms with Crippen LogP contribution in [-0.2, 0) is 6.42 Å². The molecule has 2 N–H and O–H groups in total. The van der Waals surface area contributed by atoms with E-state index in [4.69, 9.17) is 16.3 Å². The summed E-state index contributed by atoms with van der Waals surface area (Å²) in [6.45, 7) is 6.05. The molecule has 0 aromatic heterocycles. The van der Waals surface area contributed by atoms with Crippen molar-refractivity contribution in [3.63, 3.8) is 0 Å². The van der Waals surface area contributed by atoms with Gasteiger partial charge in [0.2, 0.25) is 0 Å². The van der Waals surface area contributed by atoms with Gasteiger partial charge in [0.15, 0.2) is 0 Å². The molecule has 1 amide bonds. The second-order valence-corrected chi connectivity index (χ2v) is 8.24. The van der Waals surface area contributed by atoms with Crippen LogP contribution in [0.25, 0.3) is 0 Å². The molecule has 0 unspecified atom stereocenters. The molecule has 166 valence electrons. The van der Waals surface area contributed by atoms with Crippen molar-refractivity contribution in [2.45, 2.75) is 33.2 Å². The lowest BCUT2D eigenvalue weighted by molar-refractivity contribution is 0.0695. The molecule has 0 heterocycles. The lowest BCUT2D eigenvalue weighted by Gasteiger charge is -2.17. The van der Waals surface area contributed by atoms with Crippen LogP contribution in [0.5, 0.6) is 5.75 Å². The molecule has 0 saturated heterocycles. The third kappa shape index (κ3) is 5.89. The van der Waals surface area contributed by atoms with Crippen LogP contribution >= 0.6 is 11.6 Å².